The second-order valence-electron chi connectivity index (χ2n) is 3.56. The molecule has 0 saturated carbocycles. The smallest absolute Gasteiger partial charge is 0.259 e. The van der Waals surface area contributed by atoms with Gasteiger partial charge < -0.3 is 4.98 Å². The topological polar surface area (TPSA) is 62.8 Å². The third kappa shape index (κ3) is 1.61. The molecule has 2 rings (SSSR count). The van der Waals surface area contributed by atoms with Gasteiger partial charge in [0.15, 0.2) is 5.78 Å². The molecule has 2 heterocycles. The Morgan fingerprint density at radius 2 is 2.19 bits per heavy atom. The van der Waals surface area contributed by atoms with Crippen molar-refractivity contribution in [1.29, 1.82) is 0 Å². The number of aromatic nitrogens is 2. The molecule has 5 heteroatoms. The van der Waals surface area contributed by atoms with E-state index in [-0.39, 0.29) is 16.9 Å². The lowest BCUT2D eigenvalue weighted by atomic mass is 10.0. The molecular formula is C11H9ClN2O2. The van der Waals surface area contributed by atoms with E-state index in [2.05, 4.69) is 9.97 Å². The molecule has 0 aromatic carbocycles. The first-order valence-corrected chi connectivity index (χ1v) is 5.07. The van der Waals surface area contributed by atoms with Crippen LogP contribution in [0.5, 0.6) is 0 Å². The number of ketones is 1. The molecule has 0 atom stereocenters. The Hall–Kier alpha value is -1.68. The number of carbonyl (C=O) groups excluding carboxylic acids is 1. The van der Waals surface area contributed by atoms with Crippen LogP contribution >= 0.6 is 11.6 Å². The predicted octanol–water partition coefficient (Wildman–Crippen LogP) is 2.09. The zero-order valence-electron chi connectivity index (χ0n) is 8.80. The monoisotopic (exact) mass is 236 g/mol. The third-order valence-corrected chi connectivity index (χ3v) is 2.68. The summed E-state index contributed by atoms with van der Waals surface area (Å²) in [5.41, 5.74) is 1.00. The van der Waals surface area contributed by atoms with Crippen LogP contribution in [0.25, 0.3) is 10.9 Å². The van der Waals surface area contributed by atoms with Crippen LogP contribution in [0, 0.1) is 6.92 Å². The number of carbonyl (C=O) groups is 1. The fraction of sp³-hybridized carbons (Fsp3) is 0.182. The highest BCUT2D eigenvalue weighted by Crippen LogP contribution is 2.19. The average Bonchev–Trinajstić information content (AvgIpc) is 2.19. The Morgan fingerprint density at radius 1 is 1.50 bits per heavy atom. The van der Waals surface area contributed by atoms with Gasteiger partial charge in [-0.1, -0.05) is 11.6 Å². The third-order valence-electron chi connectivity index (χ3n) is 2.48. The van der Waals surface area contributed by atoms with Crippen molar-refractivity contribution in [3.8, 4) is 0 Å². The van der Waals surface area contributed by atoms with E-state index in [4.69, 9.17) is 11.6 Å². The number of hydrogen-bond donors (Lipinski definition) is 1. The van der Waals surface area contributed by atoms with E-state index in [1.54, 1.807) is 13.0 Å². The van der Waals surface area contributed by atoms with Gasteiger partial charge in [0.1, 0.15) is 5.15 Å². The van der Waals surface area contributed by atoms with Crippen molar-refractivity contribution in [2.24, 2.45) is 0 Å². The number of hydrogen-bond acceptors (Lipinski definition) is 3. The number of nitrogens with zero attached hydrogens (tertiary/aromatic N) is 1. The Labute approximate surface area is 96.3 Å². The normalized spacial score (nSPS) is 10.7. The summed E-state index contributed by atoms with van der Waals surface area (Å²) in [6, 6.07) is 1.63. The maximum atomic E-state index is 11.6. The zero-order chi connectivity index (χ0) is 11.9. The van der Waals surface area contributed by atoms with Gasteiger partial charge >= 0.3 is 0 Å². The molecule has 0 aliphatic carbocycles. The van der Waals surface area contributed by atoms with Crippen molar-refractivity contribution in [2.45, 2.75) is 13.8 Å². The summed E-state index contributed by atoms with van der Waals surface area (Å²) < 4.78 is 0. The second kappa shape index (κ2) is 3.72. The minimum absolute atomic E-state index is 0.176. The molecule has 0 amide bonds. The quantitative estimate of drug-likeness (QED) is 0.609. The van der Waals surface area contributed by atoms with Crippen LogP contribution in [0.3, 0.4) is 0 Å². The Morgan fingerprint density at radius 3 is 2.81 bits per heavy atom. The van der Waals surface area contributed by atoms with Crippen LogP contribution in [0.2, 0.25) is 5.15 Å². The van der Waals surface area contributed by atoms with E-state index >= 15 is 0 Å². The van der Waals surface area contributed by atoms with Crippen molar-refractivity contribution in [2.75, 3.05) is 0 Å². The summed E-state index contributed by atoms with van der Waals surface area (Å²) in [4.78, 5) is 29.5. The highest BCUT2D eigenvalue weighted by atomic mass is 35.5. The molecule has 0 fully saturated rings. The maximum Gasteiger partial charge on any atom is 0.259 e. The van der Waals surface area contributed by atoms with E-state index in [0.717, 1.165) is 5.39 Å². The summed E-state index contributed by atoms with van der Waals surface area (Å²) in [6.07, 6.45) is 1.48. The summed E-state index contributed by atoms with van der Waals surface area (Å²) in [5, 5.41) is 1.07. The standard InChI is InChI=1S/C11H9ClN2O2/c1-5-7-3-9(12)13-4-8(7)14-11(16)10(5)6(2)15/h3-4H,1-2H3,(H,14,16). The van der Waals surface area contributed by atoms with Gasteiger partial charge in [-0.15, -0.1) is 0 Å². The van der Waals surface area contributed by atoms with E-state index in [0.29, 0.717) is 16.2 Å². The Balaban J connectivity index is 2.96. The number of rotatable bonds is 1. The van der Waals surface area contributed by atoms with Crippen LogP contribution in [0.4, 0.5) is 0 Å². The first-order chi connectivity index (χ1) is 7.50. The first-order valence-electron chi connectivity index (χ1n) is 4.70. The van der Waals surface area contributed by atoms with Crippen molar-refractivity contribution in [3.05, 3.63) is 38.9 Å². The molecule has 0 bridgehead atoms. The largest absolute Gasteiger partial charge is 0.320 e. The Kier molecular flexibility index (Phi) is 2.52. The van der Waals surface area contributed by atoms with Gasteiger partial charge in [-0.25, -0.2) is 4.98 Å². The van der Waals surface area contributed by atoms with Gasteiger partial charge in [0.2, 0.25) is 0 Å². The lowest BCUT2D eigenvalue weighted by Gasteiger charge is -2.05. The number of pyridine rings is 2. The average molecular weight is 237 g/mol. The molecule has 0 saturated heterocycles. The zero-order valence-corrected chi connectivity index (χ0v) is 9.55. The summed E-state index contributed by atoms with van der Waals surface area (Å²) in [5.74, 6) is -0.256. The minimum atomic E-state index is -0.387. The van der Waals surface area contributed by atoms with Crippen LogP contribution in [0.15, 0.2) is 17.1 Å². The molecule has 0 spiro atoms. The minimum Gasteiger partial charge on any atom is -0.320 e. The van der Waals surface area contributed by atoms with Gasteiger partial charge in [-0.05, 0) is 25.5 Å². The molecule has 0 aliphatic heterocycles. The molecule has 4 nitrogen and oxygen atoms in total. The molecular weight excluding hydrogens is 228 g/mol. The van der Waals surface area contributed by atoms with Gasteiger partial charge in [0.25, 0.3) is 5.56 Å². The van der Waals surface area contributed by atoms with E-state index in [9.17, 15) is 9.59 Å². The van der Waals surface area contributed by atoms with E-state index in [1.807, 2.05) is 0 Å². The first kappa shape index (κ1) is 10.8. The predicted molar refractivity (Wildman–Crippen MR) is 62.1 cm³/mol. The molecule has 82 valence electrons. The number of aromatic amines is 1. The highest BCUT2D eigenvalue weighted by Gasteiger charge is 2.13. The molecule has 2 aromatic heterocycles. The van der Waals surface area contributed by atoms with E-state index < -0.39 is 0 Å². The maximum absolute atomic E-state index is 11.6. The number of H-pyrrole nitrogens is 1. The molecule has 0 radical (unpaired) electrons. The molecule has 16 heavy (non-hydrogen) atoms. The fourth-order valence-electron chi connectivity index (χ4n) is 1.75. The fourth-order valence-corrected chi connectivity index (χ4v) is 1.91. The van der Waals surface area contributed by atoms with E-state index in [1.165, 1.54) is 13.1 Å². The summed E-state index contributed by atoms with van der Waals surface area (Å²) in [7, 11) is 0. The SMILES string of the molecule is CC(=O)c1c(C)c2cc(Cl)ncc2[nH]c1=O. The lowest BCUT2D eigenvalue weighted by molar-refractivity contribution is 0.101. The molecule has 1 N–H and O–H groups in total. The van der Waals surface area contributed by atoms with Crippen molar-refractivity contribution >= 4 is 28.3 Å². The van der Waals surface area contributed by atoms with Crippen molar-refractivity contribution < 1.29 is 4.79 Å². The van der Waals surface area contributed by atoms with Gasteiger partial charge in [-0.2, -0.15) is 0 Å². The van der Waals surface area contributed by atoms with Crippen LogP contribution in [-0.2, 0) is 0 Å². The lowest BCUT2D eigenvalue weighted by Crippen LogP contribution is -2.18. The highest BCUT2D eigenvalue weighted by molar-refractivity contribution is 6.30. The number of fused-ring (bicyclic) bond motifs is 1. The molecule has 0 aliphatic rings. The second-order valence-corrected chi connectivity index (χ2v) is 3.95. The molecule has 2 aromatic rings. The Bertz CT molecular complexity index is 646. The number of aryl methyl sites for hydroxylation is 1. The van der Waals surface area contributed by atoms with Crippen LogP contribution in [0.1, 0.15) is 22.8 Å². The van der Waals surface area contributed by atoms with Gasteiger partial charge in [0, 0.05) is 5.39 Å². The molecule has 0 unspecified atom stereocenters. The number of nitrogens with one attached hydrogen (secondary N) is 1. The number of Topliss-reactive ketones (excluding diaryl/α,β-unsaturated/α-hetero) is 1. The van der Waals surface area contributed by atoms with Gasteiger partial charge in [-0.3, -0.25) is 9.59 Å². The van der Waals surface area contributed by atoms with Crippen molar-refractivity contribution in [1.82, 2.24) is 9.97 Å². The summed E-state index contributed by atoms with van der Waals surface area (Å²) in [6.45, 7) is 3.09. The summed E-state index contributed by atoms with van der Waals surface area (Å²) >= 11 is 5.77. The van der Waals surface area contributed by atoms with Crippen LogP contribution in [-0.4, -0.2) is 15.8 Å². The number of halogens is 1. The van der Waals surface area contributed by atoms with Crippen molar-refractivity contribution in [3.63, 3.8) is 0 Å². The van der Waals surface area contributed by atoms with Crippen LogP contribution < -0.4 is 5.56 Å². The van der Waals surface area contributed by atoms with Gasteiger partial charge in [0.05, 0.1) is 17.3 Å².